The molecule has 10 nitrogen and oxygen atoms in total. The van der Waals surface area contributed by atoms with Crippen molar-refractivity contribution in [3.05, 3.63) is 41.5 Å². The number of aromatic nitrogens is 2. The molecule has 2 aliphatic heterocycles. The lowest BCUT2D eigenvalue weighted by Gasteiger charge is -2.37. The van der Waals surface area contributed by atoms with E-state index < -0.39 is 0 Å². The maximum absolute atomic E-state index is 8.97. The molecule has 0 radical (unpaired) electrons. The largest absolute Gasteiger partial charge is 0.493 e. The molecule has 2 saturated heterocycles. The quantitative estimate of drug-likeness (QED) is 0.250. The van der Waals surface area contributed by atoms with Crippen LogP contribution < -0.4 is 20.1 Å². The van der Waals surface area contributed by atoms with Crippen molar-refractivity contribution in [1.29, 1.82) is 5.41 Å². The van der Waals surface area contributed by atoms with Crippen molar-refractivity contribution < 1.29 is 9.47 Å². The van der Waals surface area contributed by atoms with Gasteiger partial charge in [-0.2, -0.15) is 0 Å². The molecule has 2 fully saturated rings. The summed E-state index contributed by atoms with van der Waals surface area (Å²) in [6.07, 6.45) is 7.38. The molecule has 0 spiro atoms. The molecule has 0 amide bonds. The van der Waals surface area contributed by atoms with Crippen LogP contribution in [0.2, 0.25) is 0 Å². The van der Waals surface area contributed by atoms with Gasteiger partial charge < -0.3 is 29.9 Å². The van der Waals surface area contributed by atoms with Gasteiger partial charge in [-0.25, -0.2) is 0 Å². The Balaban J connectivity index is 1.32. The lowest BCUT2D eigenvalue weighted by atomic mass is 10.1. The van der Waals surface area contributed by atoms with Gasteiger partial charge in [0.2, 0.25) is 0 Å². The fraction of sp³-hybridized carbons (Fsp3) is 0.556. The first kappa shape index (κ1) is 27.8. The smallest absolute Gasteiger partial charge is 0.169 e. The summed E-state index contributed by atoms with van der Waals surface area (Å²) in [4.78, 5) is 15.3. The summed E-state index contributed by atoms with van der Waals surface area (Å²) >= 11 is 5.61. The van der Waals surface area contributed by atoms with Gasteiger partial charge in [-0.3, -0.25) is 20.3 Å². The lowest BCUT2D eigenvalue weighted by Crippen LogP contribution is -2.53. The van der Waals surface area contributed by atoms with Crippen molar-refractivity contribution in [2.24, 2.45) is 0 Å². The molecule has 3 N–H and O–H groups in total. The van der Waals surface area contributed by atoms with Crippen LogP contribution in [-0.2, 0) is 6.54 Å². The number of benzene rings is 1. The molecule has 11 heteroatoms. The number of hydrogen-bond acceptors (Lipinski definition) is 8. The van der Waals surface area contributed by atoms with Gasteiger partial charge in [-0.1, -0.05) is 6.42 Å². The minimum Gasteiger partial charge on any atom is -0.493 e. The maximum Gasteiger partial charge on any atom is 0.169 e. The first-order valence-electron chi connectivity index (χ1n) is 13.4. The van der Waals surface area contributed by atoms with Crippen LogP contribution in [0, 0.1) is 12.3 Å². The Morgan fingerprint density at radius 2 is 1.74 bits per heavy atom. The van der Waals surface area contributed by atoms with Crippen LogP contribution in [0.4, 0.5) is 5.69 Å². The predicted molar refractivity (Wildman–Crippen MR) is 155 cm³/mol. The minimum absolute atomic E-state index is 0.459. The van der Waals surface area contributed by atoms with Crippen molar-refractivity contribution in [3.8, 4) is 11.5 Å². The third-order valence-electron chi connectivity index (χ3n) is 7.08. The summed E-state index contributed by atoms with van der Waals surface area (Å²) in [6, 6.07) is 3.85. The fourth-order valence-electron chi connectivity index (χ4n) is 4.79. The zero-order valence-electron chi connectivity index (χ0n) is 22.8. The summed E-state index contributed by atoms with van der Waals surface area (Å²) in [6.45, 7) is 9.14. The highest BCUT2D eigenvalue weighted by Crippen LogP contribution is 2.34. The van der Waals surface area contributed by atoms with E-state index in [1.165, 1.54) is 19.3 Å². The standard InChI is InChI=1S/C27H40N8O2S/c1-20-17-31-21(18-30-20)19-32-27(38)35-11-9-34(10-12-35)26(28)22-15-24(36-3)25(16-23(22)29-2)37-14-13-33-7-5-4-6-8-33/h15-18,28-29H,4-14,19H2,1-3H3,(H,32,38). The molecule has 3 heterocycles. The van der Waals surface area contributed by atoms with E-state index in [9.17, 15) is 0 Å². The number of piperazine rings is 1. The molecule has 0 unspecified atom stereocenters. The third-order valence-corrected chi connectivity index (χ3v) is 7.48. The van der Waals surface area contributed by atoms with Crippen LogP contribution in [0.5, 0.6) is 11.5 Å². The number of aryl methyl sites for hydroxylation is 1. The van der Waals surface area contributed by atoms with Crippen molar-refractivity contribution in [2.45, 2.75) is 32.7 Å². The molecule has 2 aliphatic rings. The number of nitrogens with zero attached hydrogens (tertiary/aromatic N) is 5. The number of methoxy groups -OCH3 is 1. The molecular formula is C27H40N8O2S. The van der Waals surface area contributed by atoms with Crippen LogP contribution in [0.25, 0.3) is 0 Å². The maximum atomic E-state index is 8.97. The number of anilines is 1. The topological polar surface area (TPSA) is 102 Å². The van der Waals surface area contributed by atoms with Gasteiger partial charge in [0.1, 0.15) is 12.4 Å². The number of rotatable bonds is 9. The first-order chi connectivity index (χ1) is 18.5. The summed E-state index contributed by atoms with van der Waals surface area (Å²) in [5.74, 6) is 1.80. The molecule has 206 valence electrons. The molecule has 0 bridgehead atoms. The third kappa shape index (κ3) is 7.22. The van der Waals surface area contributed by atoms with E-state index in [1.807, 2.05) is 26.1 Å². The number of thiocarbonyl (C=S) groups is 1. The van der Waals surface area contributed by atoms with Gasteiger partial charge in [0.25, 0.3) is 0 Å². The van der Waals surface area contributed by atoms with Crippen molar-refractivity contribution >= 4 is 28.9 Å². The highest BCUT2D eigenvalue weighted by Gasteiger charge is 2.24. The molecule has 38 heavy (non-hydrogen) atoms. The zero-order valence-corrected chi connectivity index (χ0v) is 23.6. The Kier molecular flexibility index (Phi) is 9.94. The highest BCUT2D eigenvalue weighted by atomic mass is 32.1. The Morgan fingerprint density at radius 1 is 1.00 bits per heavy atom. The van der Waals surface area contributed by atoms with Gasteiger partial charge in [-0.05, 0) is 51.1 Å². The molecule has 0 aliphatic carbocycles. The Labute approximate surface area is 231 Å². The van der Waals surface area contributed by atoms with Crippen LogP contribution in [-0.4, -0.2) is 102 Å². The molecule has 1 aromatic carbocycles. The summed E-state index contributed by atoms with van der Waals surface area (Å²) in [5.41, 5.74) is 3.39. The highest BCUT2D eigenvalue weighted by molar-refractivity contribution is 7.80. The predicted octanol–water partition coefficient (Wildman–Crippen LogP) is 2.72. The minimum atomic E-state index is 0.459. The van der Waals surface area contributed by atoms with Crippen molar-refractivity contribution in [1.82, 2.24) is 30.0 Å². The van der Waals surface area contributed by atoms with Gasteiger partial charge in [0.05, 0.1) is 31.2 Å². The van der Waals surface area contributed by atoms with Crippen molar-refractivity contribution in [2.75, 3.05) is 71.9 Å². The average Bonchev–Trinajstić information content (AvgIpc) is 2.96. The van der Waals surface area contributed by atoms with Gasteiger partial charge in [-0.15, -0.1) is 0 Å². The average molecular weight is 541 g/mol. The number of amidine groups is 1. The van der Waals surface area contributed by atoms with Gasteiger partial charge in [0.15, 0.2) is 16.6 Å². The van der Waals surface area contributed by atoms with Gasteiger partial charge in [0, 0.05) is 63.3 Å². The van der Waals surface area contributed by atoms with E-state index in [2.05, 4.69) is 35.3 Å². The Morgan fingerprint density at radius 3 is 2.39 bits per heavy atom. The van der Waals surface area contributed by atoms with E-state index in [0.29, 0.717) is 48.7 Å². The zero-order chi connectivity index (χ0) is 26.9. The summed E-state index contributed by atoms with van der Waals surface area (Å²) in [5, 5.41) is 16.2. The van der Waals surface area contributed by atoms with Crippen molar-refractivity contribution in [3.63, 3.8) is 0 Å². The molecule has 4 rings (SSSR count). The second-order valence-corrected chi connectivity index (χ2v) is 10.1. The van der Waals surface area contributed by atoms with Crippen LogP contribution in [0.3, 0.4) is 0 Å². The Bertz CT molecular complexity index is 1080. The number of likely N-dealkylation sites (tertiary alicyclic amines) is 1. The number of hydrogen-bond donors (Lipinski definition) is 3. The molecule has 0 saturated carbocycles. The monoisotopic (exact) mass is 540 g/mol. The van der Waals surface area contributed by atoms with E-state index in [0.717, 1.165) is 55.4 Å². The summed E-state index contributed by atoms with van der Waals surface area (Å²) in [7, 11) is 3.52. The number of nitrogens with one attached hydrogen (secondary N) is 3. The fourth-order valence-corrected chi connectivity index (χ4v) is 5.05. The molecule has 1 aromatic heterocycles. The van der Waals surface area contributed by atoms with E-state index in [-0.39, 0.29) is 0 Å². The number of ether oxygens (including phenoxy) is 2. The van der Waals surface area contributed by atoms with E-state index >= 15 is 0 Å². The number of piperidine rings is 1. The Hall–Kier alpha value is -3.18. The molecular weight excluding hydrogens is 500 g/mol. The summed E-state index contributed by atoms with van der Waals surface area (Å²) < 4.78 is 11.8. The van der Waals surface area contributed by atoms with E-state index in [1.54, 1.807) is 19.5 Å². The normalized spacial score (nSPS) is 16.2. The van der Waals surface area contributed by atoms with Crippen LogP contribution in [0.1, 0.15) is 36.2 Å². The molecule has 2 aromatic rings. The van der Waals surface area contributed by atoms with E-state index in [4.69, 9.17) is 27.1 Å². The van der Waals surface area contributed by atoms with Crippen LogP contribution >= 0.6 is 12.2 Å². The second kappa shape index (κ2) is 13.6. The molecule has 0 atom stereocenters. The SMILES string of the molecule is CNc1cc(OCCN2CCCCC2)c(OC)cc1C(=N)N1CCN(C(=S)NCc2cnc(C)cn2)CC1. The lowest BCUT2D eigenvalue weighted by molar-refractivity contribution is 0.180. The van der Waals surface area contributed by atoms with Crippen LogP contribution in [0.15, 0.2) is 24.5 Å². The second-order valence-electron chi connectivity index (χ2n) is 9.68. The first-order valence-corrected chi connectivity index (χ1v) is 13.8. The van der Waals surface area contributed by atoms with Gasteiger partial charge >= 0.3 is 0 Å².